The molecule has 0 atom stereocenters. The number of thioether (sulfide) groups is 1. The zero-order valence-corrected chi connectivity index (χ0v) is 10.5. The van der Waals surface area contributed by atoms with Gasteiger partial charge in [-0.25, -0.2) is 9.78 Å². The molecule has 0 saturated carbocycles. The minimum Gasteiger partial charge on any atom is -0.466 e. The summed E-state index contributed by atoms with van der Waals surface area (Å²) in [7, 11) is 1.35. The second-order valence-electron chi connectivity index (χ2n) is 3.18. The van der Waals surface area contributed by atoms with Gasteiger partial charge in [0.1, 0.15) is 0 Å². The number of rotatable bonds is 4. The van der Waals surface area contributed by atoms with Crippen molar-refractivity contribution in [2.45, 2.75) is 11.9 Å². The number of ether oxygens (including phenoxy) is 1. The van der Waals surface area contributed by atoms with Crippen LogP contribution < -0.4 is 0 Å². The molecule has 0 bridgehead atoms. The third kappa shape index (κ3) is 4.29. The van der Waals surface area contributed by atoms with E-state index in [1.165, 1.54) is 18.9 Å². The predicted molar refractivity (Wildman–Crippen MR) is 65.4 cm³/mol. The molecular formula is C12H12N2O2S. The molecular weight excluding hydrogens is 236 g/mol. The molecule has 0 spiro atoms. The Morgan fingerprint density at radius 2 is 2.47 bits per heavy atom. The molecule has 4 nitrogen and oxygen atoms in total. The van der Waals surface area contributed by atoms with Crippen LogP contribution in [0.4, 0.5) is 0 Å². The van der Waals surface area contributed by atoms with Crippen LogP contribution in [0.15, 0.2) is 35.0 Å². The van der Waals surface area contributed by atoms with Crippen molar-refractivity contribution in [3.05, 3.63) is 35.5 Å². The molecule has 1 rings (SSSR count). The van der Waals surface area contributed by atoms with E-state index in [2.05, 4.69) is 15.8 Å². The maximum Gasteiger partial charge on any atom is 0.333 e. The topological polar surface area (TPSA) is 63.0 Å². The fourth-order valence-electron chi connectivity index (χ4n) is 1.05. The summed E-state index contributed by atoms with van der Waals surface area (Å²) in [6.45, 7) is 1.70. The number of carbonyl (C=O) groups excluding carboxylic acids is 1. The van der Waals surface area contributed by atoms with Crippen molar-refractivity contribution in [1.82, 2.24) is 4.98 Å². The number of esters is 1. The first-order valence-electron chi connectivity index (χ1n) is 4.91. The highest BCUT2D eigenvalue weighted by Crippen LogP contribution is 2.16. The molecule has 5 heteroatoms. The maximum atomic E-state index is 11.1. The standard InChI is InChI=1S/C12H12N2O2S/c1-9(12(15)16-2)4-6-17-11-7-10(8-13)3-5-14-11/h3-5,7H,6H2,1-2H3/b9-4+. The average Bonchev–Trinajstić information content (AvgIpc) is 2.37. The number of hydrogen-bond acceptors (Lipinski definition) is 5. The maximum absolute atomic E-state index is 11.1. The molecule has 1 aromatic rings. The summed E-state index contributed by atoms with van der Waals surface area (Å²) in [4.78, 5) is 15.2. The van der Waals surface area contributed by atoms with Crippen molar-refractivity contribution >= 4 is 17.7 Å². The summed E-state index contributed by atoms with van der Waals surface area (Å²) in [5.74, 6) is 0.285. The average molecular weight is 248 g/mol. The van der Waals surface area contributed by atoms with Gasteiger partial charge in [0.2, 0.25) is 0 Å². The molecule has 88 valence electrons. The van der Waals surface area contributed by atoms with Crippen molar-refractivity contribution in [3.8, 4) is 6.07 Å². The largest absolute Gasteiger partial charge is 0.466 e. The van der Waals surface area contributed by atoms with Crippen molar-refractivity contribution in [2.24, 2.45) is 0 Å². The lowest BCUT2D eigenvalue weighted by Gasteiger charge is -1.99. The van der Waals surface area contributed by atoms with E-state index in [4.69, 9.17) is 5.26 Å². The fraction of sp³-hybridized carbons (Fsp3) is 0.250. The minimum absolute atomic E-state index is 0.329. The van der Waals surface area contributed by atoms with Gasteiger partial charge >= 0.3 is 5.97 Å². The van der Waals surface area contributed by atoms with Gasteiger partial charge in [-0.15, -0.1) is 11.8 Å². The molecule has 0 saturated heterocycles. The second-order valence-corrected chi connectivity index (χ2v) is 4.22. The highest BCUT2D eigenvalue weighted by molar-refractivity contribution is 7.99. The van der Waals surface area contributed by atoms with Crippen LogP contribution in [0, 0.1) is 11.3 Å². The zero-order valence-electron chi connectivity index (χ0n) is 9.64. The fourth-order valence-corrected chi connectivity index (χ4v) is 1.90. The van der Waals surface area contributed by atoms with Gasteiger partial charge in [0, 0.05) is 17.5 Å². The van der Waals surface area contributed by atoms with Gasteiger partial charge in [-0.2, -0.15) is 5.26 Å². The Morgan fingerprint density at radius 3 is 3.12 bits per heavy atom. The van der Waals surface area contributed by atoms with E-state index in [0.29, 0.717) is 16.9 Å². The van der Waals surface area contributed by atoms with Crippen LogP contribution in [0.1, 0.15) is 12.5 Å². The Bertz CT molecular complexity index is 478. The Labute approximate surface area is 104 Å². The van der Waals surface area contributed by atoms with Crippen LogP contribution in [-0.2, 0) is 9.53 Å². The number of nitriles is 1. The smallest absolute Gasteiger partial charge is 0.333 e. The second kappa shape index (κ2) is 6.71. The molecule has 17 heavy (non-hydrogen) atoms. The SMILES string of the molecule is COC(=O)/C(C)=C/CSc1cc(C#N)ccn1. The summed E-state index contributed by atoms with van der Waals surface area (Å²) in [5.41, 5.74) is 1.15. The summed E-state index contributed by atoms with van der Waals surface area (Å²) in [6, 6.07) is 5.42. The van der Waals surface area contributed by atoms with E-state index < -0.39 is 0 Å². The van der Waals surface area contributed by atoms with E-state index in [-0.39, 0.29) is 5.97 Å². The summed E-state index contributed by atoms with van der Waals surface area (Å²) in [6.07, 6.45) is 3.37. The Morgan fingerprint density at radius 1 is 1.71 bits per heavy atom. The highest BCUT2D eigenvalue weighted by Gasteiger charge is 2.02. The normalized spacial score (nSPS) is 10.8. The van der Waals surface area contributed by atoms with Crippen LogP contribution >= 0.6 is 11.8 Å². The van der Waals surface area contributed by atoms with E-state index in [0.717, 1.165) is 5.03 Å². The number of hydrogen-bond donors (Lipinski definition) is 0. The van der Waals surface area contributed by atoms with Crippen molar-refractivity contribution in [3.63, 3.8) is 0 Å². The van der Waals surface area contributed by atoms with Gasteiger partial charge in [0.25, 0.3) is 0 Å². The van der Waals surface area contributed by atoms with E-state index in [1.807, 2.05) is 0 Å². The molecule has 0 radical (unpaired) electrons. The summed E-state index contributed by atoms with van der Waals surface area (Å²) < 4.78 is 4.58. The lowest BCUT2D eigenvalue weighted by Crippen LogP contribution is -2.01. The first-order valence-corrected chi connectivity index (χ1v) is 5.90. The van der Waals surface area contributed by atoms with Gasteiger partial charge in [0.05, 0.1) is 23.8 Å². The lowest BCUT2D eigenvalue weighted by molar-refractivity contribution is -0.136. The molecule has 1 heterocycles. The van der Waals surface area contributed by atoms with Crippen LogP contribution in [-0.4, -0.2) is 23.8 Å². The number of methoxy groups -OCH3 is 1. The van der Waals surface area contributed by atoms with Crippen LogP contribution in [0.3, 0.4) is 0 Å². The first kappa shape index (κ1) is 13.3. The number of nitrogens with zero attached hydrogens (tertiary/aromatic N) is 2. The lowest BCUT2D eigenvalue weighted by atomic mass is 10.3. The highest BCUT2D eigenvalue weighted by atomic mass is 32.2. The number of carbonyl (C=O) groups is 1. The van der Waals surface area contributed by atoms with Crippen molar-refractivity contribution in [1.29, 1.82) is 5.26 Å². The predicted octanol–water partition coefficient (Wildman–Crippen LogP) is 2.16. The van der Waals surface area contributed by atoms with Crippen molar-refractivity contribution < 1.29 is 9.53 Å². The molecule has 0 aliphatic heterocycles. The van der Waals surface area contributed by atoms with Gasteiger partial charge in [-0.3, -0.25) is 0 Å². The van der Waals surface area contributed by atoms with E-state index in [9.17, 15) is 4.79 Å². The minimum atomic E-state index is -0.329. The van der Waals surface area contributed by atoms with Gasteiger partial charge in [-0.05, 0) is 19.1 Å². The van der Waals surface area contributed by atoms with Crippen molar-refractivity contribution in [2.75, 3.05) is 12.9 Å². The van der Waals surface area contributed by atoms with Gasteiger partial charge in [0.15, 0.2) is 0 Å². The molecule has 0 aliphatic rings. The molecule has 0 fully saturated rings. The summed E-state index contributed by atoms with van der Waals surface area (Å²) in [5, 5.41) is 9.48. The first-order chi connectivity index (χ1) is 8.17. The number of pyridine rings is 1. The van der Waals surface area contributed by atoms with Crippen LogP contribution in [0.25, 0.3) is 0 Å². The Balaban J connectivity index is 2.57. The monoisotopic (exact) mass is 248 g/mol. The van der Waals surface area contributed by atoms with E-state index in [1.54, 1.807) is 31.3 Å². The van der Waals surface area contributed by atoms with Gasteiger partial charge < -0.3 is 4.74 Å². The molecule has 1 aromatic heterocycles. The quantitative estimate of drug-likeness (QED) is 0.464. The molecule has 0 amide bonds. The summed E-state index contributed by atoms with van der Waals surface area (Å²) >= 11 is 1.46. The molecule has 0 N–H and O–H groups in total. The molecule has 0 unspecified atom stereocenters. The zero-order chi connectivity index (χ0) is 12.7. The third-order valence-electron chi connectivity index (χ3n) is 1.99. The Kier molecular flexibility index (Phi) is 5.24. The molecule has 0 aliphatic carbocycles. The van der Waals surface area contributed by atoms with Crippen LogP contribution in [0.5, 0.6) is 0 Å². The third-order valence-corrected chi connectivity index (χ3v) is 2.84. The van der Waals surface area contributed by atoms with E-state index >= 15 is 0 Å². The van der Waals surface area contributed by atoms with Gasteiger partial charge in [-0.1, -0.05) is 6.08 Å². The van der Waals surface area contributed by atoms with Crippen LogP contribution in [0.2, 0.25) is 0 Å². The molecule has 0 aromatic carbocycles. The number of aromatic nitrogens is 1. The Hall–Kier alpha value is -1.80.